The van der Waals surface area contributed by atoms with Gasteiger partial charge >= 0.3 is 6.18 Å². The number of rotatable bonds is 7. The molecule has 0 spiro atoms. The summed E-state index contributed by atoms with van der Waals surface area (Å²) < 4.78 is 51.8. The van der Waals surface area contributed by atoms with Crippen molar-refractivity contribution in [1.82, 2.24) is 15.1 Å². The van der Waals surface area contributed by atoms with Gasteiger partial charge in [-0.15, -0.1) is 0 Å². The molecule has 1 heterocycles. The first kappa shape index (κ1) is 19.0. The van der Waals surface area contributed by atoms with Gasteiger partial charge < -0.3 is 4.90 Å². The summed E-state index contributed by atoms with van der Waals surface area (Å²) in [6.07, 6.45) is -2.17. The number of halogens is 4. The fourth-order valence-corrected chi connectivity index (χ4v) is 2.38. The lowest BCUT2D eigenvalue weighted by Crippen LogP contribution is -2.32. The number of nitrogens with zero attached hydrogens (tertiary/aromatic N) is 2. The number of hydrogen-bond donors (Lipinski definition) is 1. The predicted octanol–water partition coefficient (Wildman–Crippen LogP) is 4.40. The first-order valence-corrected chi connectivity index (χ1v) is 7.98. The summed E-state index contributed by atoms with van der Waals surface area (Å²) in [7, 11) is 0. The summed E-state index contributed by atoms with van der Waals surface area (Å²) in [5.41, 5.74) is -1.11. The fourth-order valence-electron chi connectivity index (χ4n) is 2.38. The third kappa shape index (κ3) is 5.04. The summed E-state index contributed by atoms with van der Waals surface area (Å²) in [6, 6.07) is 6.68. The van der Waals surface area contributed by atoms with Crippen molar-refractivity contribution in [2.45, 2.75) is 38.9 Å². The Morgan fingerprint density at radius 2 is 1.96 bits per heavy atom. The van der Waals surface area contributed by atoms with Crippen LogP contribution in [0.4, 0.5) is 17.6 Å². The summed E-state index contributed by atoms with van der Waals surface area (Å²) >= 11 is 0. The number of carbonyl (C=O) groups is 1. The maximum Gasteiger partial charge on any atom is 0.435 e. The number of benzene rings is 1. The largest absolute Gasteiger partial charge is 0.435 e. The Hall–Kier alpha value is -2.38. The van der Waals surface area contributed by atoms with Crippen molar-refractivity contribution in [3.05, 3.63) is 53.1 Å². The zero-order valence-corrected chi connectivity index (χ0v) is 13.7. The van der Waals surface area contributed by atoms with Gasteiger partial charge in [-0.25, -0.2) is 4.39 Å². The number of carbonyl (C=O) groups excluding carboxylic acids is 1. The zero-order valence-electron chi connectivity index (χ0n) is 13.7. The first-order chi connectivity index (χ1) is 11.8. The lowest BCUT2D eigenvalue weighted by Gasteiger charge is -2.22. The Balaban J connectivity index is 2.20. The molecule has 0 fully saturated rings. The molecule has 25 heavy (non-hydrogen) atoms. The lowest BCUT2D eigenvalue weighted by atomic mass is 10.1. The van der Waals surface area contributed by atoms with Crippen molar-refractivity contribution >= 4 is 5.91 Å². The number of hydrogen-bond acceptors (Lipinski definition) is 2. The van der Waals surface area contributed by atoms with Gasteiger partial charge in [0.1, 0.15) is 11.5 Å². The van der Waals surface area contributed by atoms with Crippen LogP contribution >= 0.6 is 0 Å². The molecule has 8 heteroatoms. The van der Waals surface area contributed by atoms with Gasteiger partial charge in [-0.3, -0.25) is 9.89 Å². The minimum absolute atomic E-state index is 0.0183. The highest BCUT2D eigenvalue weighted by Gasteiger charge is 2.35. The molecule has 0 saturated carbocycles. The van der Waals surface area contributed by atoms with Gasteiger partial charge in [0.15, 0.2) is 5.69 Å². The van der Waals surface area contributed by atoms with E-state index < -0.39 is 23.6 Å². The van der Waals surface area contributed by atoms with E-state index in [1.807, 2.05) is 6.92 Å². The standard InChI is InChI=1S/C17H19F4N3O/c1-2-3-6-9-24(11-12-7-4-5-8-13(12)18)16(25)14-10-15(23-22-14)17(19,20)21/h4-5,7-8,10H,2-3,6,9,11H2,1H3,(H,22,23). The smallest absolute Gasteiger partial charge is 0.333 e. The molecule has 0 saturated heterocycles. The van der Waals surface area contributed by atoms with E-state index in [9.17, 15) is 22.4 Å². The van der Waals surface area contributed by atoms with E-state index in [1.54, 1.807) is 12.1 Å². The van der Waals surface area contributed by atoms with Crippen LogP contribution in [0.3, 0.4) is 0 Å². The number of aromatic amines is 1. The van der Waals surface area contributed by atoms with Crippen LogP contribution in [0.1, 0.15) is 47.9 Å². The Labute approximate surface area is 142 Å². The molecule has 0 atom stereocenters. The van der Waals surface area contributed by atoms with Gasteiger partial charge in [0, 0.05) is 24.7 Å². The second-order valence-electron chi connectivity index (χ2n) is 5.69. The van der Waals surface area contributed by atoms with Crippen LogP contribution < -0.4 is 0 Å². The Morgan fingerprint density at radius 1 is 1.24 bits per heavy atom. The molecule has 0 unspecified atom stereocenters. The van der Waals surface area contributed by atoms with Crippen molar-refractivity contribution in [2.24, 2.45) is 0 Å². The van der Waals surface area contributed by atoms with Crippen molar-refractivity contribution in [3.63, 3.8) is 0 Å². The maximum absolute atomic E-state index is 13.9. The molecular weight excluding hydrogens is 338 g/mol. The second kappa shape index (κ2) is 8.13. The first-order valence-electron chi connectivity index (χ1n) is 7.98. The molecule has 1 aromatic heterocycles. The summed E-state index contributed by atoms with van der Waals surface area (Å²) in [5.74, 6) is -1.10. The molecule has 136 valence electrons. The quantitative estimate of drug-likeness (QED) is 0.590. The Bertz CT molecular complexity index is 712. The van der Waals surface area contributed by atoms with Gasteiger partial charge in [-0.05, 0) is 12.5 Å². The van der Waals surface area contributed by atoms with Crippen molar-refractivity contribution in [2.75, 3.05) is 6.54 Å². The average Bonchev–Trinajstić information content (AvgIpc) is 3.05. The number of unbranched alkanes of at least 4 members (excludes halogenated alkanes) is 2. The monoisotopic (exact) mass is 357 g/mol. The van der Waals surface area contributed by atoms with Gasteiger partial charge in [-0.2, -0.15) is 18.3 Å². The second-order valence-corrected chi connectivity index (χ2v) is 5.69. The van der Waals surface area contributed by atoms with Gasteiger partial charge in [0.25, 0.3) is 5.91 Å². The highest BCUT2D eigenvalue weighted by atomic mass is 19.4. The van der Waals surface area contributed by atoms with Crippen LogP contribution in [-0.2, 0) is 12.7 Å². The van der Waals surface area contributed by atoms with Gasteiger partial charge in [0.05, 0.1) is 0 Å². The van der Waals surface area contributed by atoms with E-state index in [0.29, 0.717) is 24.6 Å². The van der Waals surface area contributed by atoms with Crippen LogP contribution in [0.15, 0.2) is 30.3 Å². The molecule has 0 aliphatic heterocycles. The zero-order chi connectivity index (χ0) is 18.4. The van der Waals surface area contributed by atoms with Crippen molar-refractivity contribution in [3.8, 4) is 0 Å². The maximum atomic E-state index is 13.9. The summed E-state index contributed by atoms with van der Waals surface area (Å²) in [4.78, 5) is 13.9. The lowest BCUT2D eigenvalue weighted by molar-refractivity contribution is -0.141. The van der Waals surface area contributed by atoms with Crippen molar-refractivity contribution < 1.29 is 22.4 Å². The highest BCUT2D eigenvalue weighted by Crippen LogP contribution is 2.28. The number of alkyl halides is 3. The molecule has 2 rings (SSSR count). The average molecular weight is 357 g/mol. The van der Waals surface area contributed by atoms with Crippen LogP contribution in [0, 0.1) is 5.82 Å². The fraction of sp³-hybridized carbons (Fsp3) is 0.412. The Morgan fingerprint density at radius 3 is 2.56 bits per heavy atom. The molecule has 1 amide bonds. The van der Waals surface area contributed by atoms with E-state index >= 15 is 0 Å². The van der Waals surface area contributed by atoms with Crippen LogP contribution in [0.25, 0.3) is 0 Å². The highest BCUT2D eigenvalue weighted by molar-refractivity contribution is 5.92. The van der Waals surface area contributed by atoms with Crippen LogP contribution in [0.5, 0.6) is 0 Å². The molecule has 0 radical (unpaired) electrons. The Kier molecular flexibility index (Phi) is 6.17. The minimum atomic E-state index is -4.63. The number of nitrogens with one attached hydrogen (secondary N) is 1. The molecule has 2 aromatic rings. The molecule has 0 aliphatic carbocycles. The van der Waals surface area contributed by atoms with E-state index in [-0.39, 0.29) is 12.2 Å². The third-order valence-corrected chi connectivity index (χ3v) is 3.74. The predicted molar refractivity (Wildman–Crippen MR) is 84.3 cm³/mol. The molecule has 0 bridgehead atoms. The minimum Gasteiger partial charge on any atom is -0.333 e. The van der Waals surface area contributed by atoms with E-state index in [2.05, 4.69) is 10.2 Å². The topological polar surface area (TPSA) is 49.0 Å². The summed E-state index contributed by atoms with van der Waals surface area (Å²) in [5, 5.41) is 5.27. The van der Waals surface area contributed by atoms with Crippen molar-refractivity contribution in [1.29, 1.82) is 0 Å². The van der Waals surface area contributed by atoms with E-state index in [4.69, 9.17) is 0 Å². The molecule has 1 N–H and O–H groups in total. The van der Waals surface area contributed by atoms with Crippen LogP contribution in [-0.4, -0.2) is 27.5 Å². The number of H-pyrrole nitrogens is 1. The molecule has 1 aromatic carbocycles. The third-order valence-electron chi connectivity index (χ3n) is 3.74. The summed E-state index contributed by atoms with van der Waals surface area (Å²) in [6.45, 7) is 2.30. The van der Waals surface area contributed by atoms with Crippen LogP contribution in [0.2, 0.25) is 0 Å². The molecule has 0 aliphatic rings. The van der Waals surface area contributed by atoms with E-state index in [1.165, 1.54) is 17.0 Å². The van der Waals surface area contributed by atoms with Gasteiger partial charge in [-0.1, -0.05) is 38.0 Å². The number of amides is 1. The normalized spacial score (nSPS) is 11.6. The SMILES string of the molecule is CCCCCN(Cc1ccccc1F)C(=O)c1cc(C(F)(F)F)n[nH]1. The number of aromatic nitrogens is 2. The molecule has 4 nitrogen and oxygen atoms in total. The van der Waals surface area contributed by atoms with E-state index in [0.717, 1.165) is 12.8 Å². The molecular formula is C17H19F4N3O. The van der Waals surface area contributed by atoms with Gasteiger partial charge in [0.2, 0.25) is 0 Å².